The molecule has 5 heteroatoms. The third-order valence-electron chi connectivity index (χ3n) is 6.78. The Morgan fingerprint density at radius 1 is 1.03 bits per heavy atom. The number of Topliss-reactive ketones (excluding diaryl/α,β-unsaturated/α-hetero) is 1. The van der Waals surface area contributed by atoms with Crippen molar-refractivity contribution in [3.8, 4) is 11.1 Å². The van der Waals surface area contributed by atoms with Crippen LogP contribution in [0, 0.1) is 5.41 Å². The summed E-state index contributed by atoms with van der Waals surface area (Å²) in [6.07, 6.45) is 3.17. The number of aromatic nitrogens is 1. The number of allylic oxidation sites excluding steroid dienone is 3. The summed E-state index contributed by atoms with van der Waals surface area (Å²) in [5, 5.41) is 4.51. The van der Waals surface area contributed by atoms with Crippen molar-refractivity contribution in [2.75, 3.05) is 7.11 Å². The third-order valence-corrected chi connectivity index (χ3v) is 6.78. The van der Waals surface area contributed by atoms with Crippen molar-refractivity contribution in [2.24, 2.45) is 5.41 Å². The first kappa shape index (κ1) is 21.3. The average Bonchev–Trinajstić information content (AvgIpc) is 3.25. The molecule has 3 aromatic rings. The summed E-state index contributed by atoms with van der Waals surface area (Å²) in [5.41, 5.74) is 6.99. The zero-order chi connectivity index (χ0) is 23.3. The summed E-state index contributed by atoms with van der Waals surface area (Å²) < 4.78 is 5.12. The van der Waals surface area contributed by atoms with Crippen LogP contribution in [0.5, 0.6) is 0 Å². The number of hydrogen-bond acceptors (Lipinski definition) is 4. The van der Waals surface area contributed by atoms with Crippen molar-refractivity contribution >= 4 is 22.7 Å². The smallest absolute Gasteiger partial charge is 0.336 e. The van der Waals surface area contributed by atoms with Crippen LogP contribution < -0.4 is 5.32 Å². The Balaban J connectivity index is 1.59. The van der Waals surface area contributed by atoms with Gasteiger partial charge >= 0.3 is 5.97 Å². The van der Waals surface area contributed by atoms with Crippen molar-refractivity contribution in [2.45, 2.75) is 39.5 Å². The number of nitrogens with one attached hydrogen (secondary N) is 2. The standard InChI is InChI=1S/C28H28N2O3/c1-16-24(27(32)33-4)25(26-22(30-16)14-28(2,3)15-23(26)31)18-7-5-17(6-8-18)19-9-10-21-20(13-19)11-12-29-21/h5-13,25,29-30H,14-15H2,1-4H3. The molecule has 0 amide bonds. The molecule has 2 aromatic carbocycles. The van der Waals surface area contributed by atoms with E-state index in [1.807, 2.05) is 25.3 Å². The van der Waals surface area contributed by atoms with E-state index >= 15 is 0 Å². The fraction of sp³-hybridized carbons (Fsp3) is 0.286. The molecule has 2 heterocycles. The van der Waals surface area contributed by atoms with Gasteiger partial charge in [0.1, 0.15) is 0 Å². The second-order valence-corrected chi connectivity index (χ2v) is 9.82. The van der Waals surface area contributed by atoms with Crippen LogP contribution in [0.1, 0.15) is 45.1 Å². The summed E-state index contributed by atoms with van der Waals surface area (Å²) in [4.78, 5) is 29.3. The van der Waals surface area contributed by atoms with E-state index in [-0.39, 0.29) is 11.2 Å². The molecule has 0 spiro atoms. The Morgan fingerprint density at radius 2 is 1.76 bits per heavy atom. The van der Waals surface area contributed by atoms with Crippen LogP contribution in [0.4, 0.5) is 0 Å². The predicted octanol–water partition coefficient (Wildman–Crippen LogP) is 5.61. The Kier molecular flexibility index (Phi) is 5.00. The average molecular weight is 441 g/mol. The van der Waals surface area contributed by atoms with Gasteiger partial charge in [-0.2, -0.15) is 0 Å². The lowest BCUT2D eigenvalue weighted by molar-refractivity contribution is -0.136. The summed E-state index contributed by atoms with van der Waals surface area (Å²) in [6.45, 7) is 6.10. The monoisotopic (exact) mass is 440 g/mol. The first-order chi connectivity index (χ1) is 15.8. The van der Waals surface area contributed by atoms with Crippen LogP contribution in [0.15, 0.2) is 77.3 Å². The van der Waals surface area contributed by atoms with Crippen molar-refractivity contribution in [1.82, 2.24) is 10.3 Å². The van der Waals surface area contributed by atoms with Crippen molar-refractivity contribution in [3.05, 3.63) is 82.8 Å². The van der Waals surface area contributed by atoms with Crippen molar-refractivity contribution < 1.29 is 14.3 Å². The molecule has 0 saturated heterocycles. The normalized spacial score (nSPS) is 20.0. The molecule has 2 N–H and O–H groups in total. The maximum absolute atomic E-state index is 13.3. The first-order valence-electron chi connectivity index (χ1n) is 11.3. The number of rotatable bonds is 3. The van der Waals surface area contributed by atoms with Gasteiger partial charge in [-0.05, 0) is 59.0 Å². The Bertz CT molecular complexity index is 1340. The van der Waals surface area contributed by atoms with Gasteiger partial charge in [0.15, 0.2) is 5.78 Å². The highest BCUT2D eigenvalue weighted by Crippen LogP contribution is 2.47. The van der Waals surface area contributed by atoms with Crippen molar-refractivity contribution in [3.63, 3.8) is 0 Å². The van der Waals surface area contributed by atoms with Crippen LogP contribution in [0.25, 0.3) is 22.0 Å². The molecule has 168 valence electrons. The second-order valence-electron chi connectivity index (χ2n) is 9.82. The number of ether oxygens (including phenoxy) is 1. The van der Waals surface area contributed by atoms with Gasteiger partial charge in [-0.1, -0.05) is 44.2 Å². The zero-order valence-corrected chi connectivity index (χ0v) is 19.4. The molecule has 1 atom stereocenters. The SMILES string of the molecule is COC(=O)C1=C(C)NC2=C(C(=O)CC(C)(C)C2)C1c1ccc(-c2ccc3[nH]ccc3c2)cc1. The lowest BCUT2D eigenvalue weighted by Crippen LogP contribution is -2.38. The molecule has 0 bridgehead atoms. The number of H-pyrrole nitrogens is 1. The minimum atomic E-state index is -0.432. The topological polar surface area (TPSA) is 71.2 Å². The number of carbonyl (C=O) groups excluding carboxylic acids is 2. The quantitative estimate of drug-likeness (QED) is 0.519. The van der Waals surface area contributed by atoms with Gasteiger partial charge < -0.3 is 15.0 Å². The fourth-order valence-corrected chi connectivity index (χ4v) is 5.25. The van der Waals surface area contributed by atoms with Gasteiger partial charge in [0.05, 0.1) is 12.7 Å². The van der Waals surface area contributed by atoms with E-state index in [9.17, 15) is 9.59 Å². The molecule has 5 nitrogen and oxygen atoms in total. The lowest BCUT2D eigenvalue weighted by atomic mass is 9.68. The molecule has 1 aromatic heterocycles. The molecule has 5 rings (SSSR count). The summed E-state index contributed by atoms with van der Waals surface area (Å²) in [5.74, 6) is -0.746. The van der Waals surface area contributed by atoms with E-state index in [0.717, 1.165) is 45.4 Å². The molecular formula is C28H28N2O3. The number of carbonyl (C=O) groups is 2. The number of ketones is 1. The van der Waals surface area contributed by atoms with E-state index < -0.39 is 11.9 Å². The number of hydrogen-bond donors (Lipinski definition) is 2. The van der Waals surface area contributed by atoms with Crippen LogP contribution in [-0.4, -0.2) is 23.8 Å². The summed E-state index contributed by atoms with van der Waals surface area (Å²) in [6, 6.07) is 16.6. The molecule has 1 aliphatic heterocycles. The fourth-order valence-electron chi connectivity index (χ4n) is 5.25. The number of methoxy groups -OCH3 is 1. The van der Waals surface area contributed by atoms with Gasteiger partial charge in [0.25, 0.3) is 0 Å². The molecule has 1 aliphatic carbocycles. The summed E-state index contributed by atoms with van der Waals surface area (Å²) in [7, 11) is 1.38. The van der Waals surface area contributed by atoms with E-state index in [4.69, 9.17) is 4.74 Å². The van der Waals surface area contributed by atoms with Gasteiger partial charge in [-0.25, -0.2) is 4.79 Å². The number of dihydropyridines is 1. The molecular weight excluding hydrogens is 412 g/mol. The number of benzene rings is 2. The first-order valence-corrected chi connectivity index (χ1v) is 11.3. The Morgan fingerprint density at radius 3 is 2.48 bits per heavy atom. The van der Waals surface area contributed by atoms with Crippen LogP contribution in [0.2, 0.25) is 0 Å². The van der Waals surface area contributed by atoms with Gasteiger partial charge in [0.2, 0.25) is 0 Å². The lowest BCUT2D eigenvalue weighted by Gasteiger charge is -2.39. The minimum absolute atomic E-state index is 0.0923. The number of fused-ring (bicyclic) bond motifs is 1. The van der Waals surface area contributed by atoms with E-state index in [0.29, 0.717) is 17.6 Å². The second kappa shape index (κ2) is 7.77. The Hall–Kier alpha value is -3.60. The van der Waals surface area contributed by atoms with E-state index in [2.05, 4.69) is 60.5 Å². The Labute approximate surface area is 193 Å². The summed E-state index contributed by atoms with van der Waals surface area (Å²) >= 11 is 0. The van der Waals surface area contributed by atoms with Gasteiger partial charge in [-0.15, -0.1) is 0 Å². The highest BCUT2D eigenvalue weighted by Gasteiger charge is 2.42. The molecule has 0 saturated carbocycles. The number of esters is 1. The molecule has 0 fully saturated rings. The molecule has 1 unspecified atom stereocenters. The highest BCUT2D eigenvalue weighted by atomic mass is 16.5. The van der Waals surface area contributed by atoms with Crippen LogP contribution >= 0.6 is 0 Å². The van der Waals surface area contributed by atoms with E-state index in [1.165, 1.54) is 7.11 Å². The van der Waals surface area contributed by atoms with E-state index in [1.54, 1.807) is 0 Å². The van der Waals surface area contributed by atoms with Crippen LogP contribution in [0.3, 0.4) is 0 Å². The van der Waals surface area contributed by atoms with Gasteiger partial charge in [-0.3, -0.25) is 4.79 Å². The van der Waals surface area contributed by atoms with Crippen LogP contribution in [-0.2, 0) is 14.3 Å². The number of aromatic amines is 1. The maximum atomic E-state index is 13.3. The highest BCUT2D eigenvalue weighted by molar-refractivity contribution is 6.04. The van der Waals surface area contributed by atoms with Gasteiger partial charge in [0, 0.05) is 41.0 Å². The predicted molar refractivity (Wildman–Crippen MR) is 129 cm³/mol. The third kappa shape index (κ3) is 3.67. The van der Waals surface area contributed by atoms with Crippen molar-refractivity contribution in [1.29, 1.82) is 0 Å². The molecule has 33 heavy (non-hydrogen) atoms. The molecule has 2 aliphatic rings. The maximum Gasteiger partial charge on any atom is 0.336 e. The molecule has 0 radical (unpaired) electrons. The largest absolute Gasteiger partial charge is 0.466 e. The minimum Gasteiger partial charge on any atom is -0.466 e. The zero-order valence-electron chi connectivity index (χ0n) is 19.4.